The molecule has 0 aromatic carbocycles. The fourth-order valence-corrected chi connectivity index (χ4v) is 4.31. The quantitative estimate of drug-likeness (QED) is 0.344. The summed E-state index contributed by atoms with van der Waals surface area (Å²) < 4.78 is 26.7. The van der Waals surface area contributed by atoms with Crippen LogP contribution in [0.4, 0.5) is 0 Å². The fourth-order valence-electron chi connectivity index (χ4n) is 4.31. The number of rotatable bonds is 9. The average molecular weight is 499 g/mol. The molecule has 196 valence electrons. The molecule has 5 atom stereocenters. The molecule has 0 aromatic heterocycles. The molecule has 1 N–H and O–H groups in total. The highest BCUT2D eigenvalue weighted by atomic mass is 16.6. The monoisotopic (exact) mass is 498 g/mol. The molecule has 0 saturated carbocycles. The number of esters is 4. The molecular weight excluding hydrogens is 464 g/mol. The molecule has 0 aromatic rings. The van der Waals surface area contributed by atoms with Crippen molar-refractivity contribution < 1.29 is 47.7 Å². The van der Waals surface area contributed by atoms with Gasteiger partial charge in [0.25, 0.3) is 0 Å². The van der Waals surface area contributed by atoms with Gasteiger partial charge in [0.05, 0.1) is 19.2 Å². The Hall–Kier alpha value is -3.15. The lowest BCUT2D eigenvalue weighted by Gasteiger charge is -2.46. The first-order valence-corrected chi connectivity index (χ1v) is 11.5. The van der Waals surface area contributed by atoms with Crippen molar-refractivity contribution in [2.75, 3.05) is 26.8 Å². The first-order chi connectivity index (χ1) is 16.5. The topological polar surface area (TPSA) is 147 Å². The van der Waals surface area contributed by atoms with Crippen LogP contribution in [0.1, 0.15) is 47.0 Å². The van der Waals surface area contributed by atoms with Crippen LogP contribution in [0.15, 0.2) is 11.8 Å². The first-order valence-electron chi connectivity index (χ1n) is 11.5. The number of likely N-dealkylation sites (tertiary alicyclic amines) is 1. The van der Waals surface area contributed by atoms with Crippen LogP contribution in [0.5, 0.6) is 0 Å². The maximum absolute atomic E-state index is 12.5. The standard InChI is InChI=1S/C23H34N2O10/c1-13(26)24-20-17(25-9-7-6-8-10-25)11-18(23(30)31-5)35-22(20)21(34-16(4)29)19(33-15(3)28)12-32-14(2)27/h11,17,19-22H,6-10,12H2,1-5H3,(H,24,26)/t17-,19+,20+,21+,22+/m0/s1. The molecule has 0 radical (unpaired) electrons. The van der Waals surface area contributed by atoms with Gasteiger partial charge >= 0.3 is 23.9 Å². The molecule has 0 aliphatic carbocycles. The van der Waals surface area contributed by atoms with E-state index in [-0.39, 0.29) is 11.7 Å². The van der Waals surface area contributed by atoms with Gasteiger partial charge in [-0.15, -0.1) is 0 Å². The number of amides is 1. The SMILES string of the molecule is COC(=O)C1=C[C@H](N2CCCCC2)[C@@H](NC(C)=O)[C@H]([C@H](OC(C)=O)[C@@H](COC(C)=O)OC(C)=O)O1. The van der Waals surface area contributed by atoms with Crippen LogP contribution in [0, 0.1) is 0 Å². The summed E-state index contributed by atoms with van der Waals surface area (Å²) >= 11 is 0. The van der Waals surface area contributed by atoms with Crippen LogP contribution < -0.4 is 5.32 Å². The minimum atomic E-state index is -1.34. The van der Waals surface area contributed by atoms with E-state index in [0.29, 0.717) is 13.1 Å². The van der Waals surface area contributed by atoms with Gasteiger partial charge in [0.1, 0.15) is 6.61 Å². The smallest absolute Gasteiger partial charge is 0.373 e. The number of ether oxygens (including phenoxy) is 5. The normalized spacial score (nSPS) is 24.0. The zero-order valence-corrected chi connectivity index (χ0v) is 20.7. The number of hydrogen-bond donors (Lipinski definition) is 1. The number of carbonyl (C=O) groups is 5. The molecule has 2 aliphatic heterocycles. The molecule has 2 heterocycles. The van der Waals surface area contributed by atoms with E-state index in [2.05, 4.69) is 10.2 Å². The van der Waals surface area contributed by atoms with Crippen molar-refractivity contribution in [1.82, 2.24) is 10.2 Å². The van der Waals surface area contributed by atoms with Gasteiger partial charge in [0, 0.05) is 27.7 Å². The Morgan fingerprint density at radius 1 is 1.00 bits per heavy atom. The van der Waals surface area contributed by atoms with Crippen LogP contribution >= 0.6 is 0 Å². The van der Waals surface area contributed by atoms with Crippen LogP contribution in [-0.4, -0.2) is 91.9 Å². The van der Waals surface area contributed by atoms with Crippen molar-refractivity contribution in [2.24, 2.45) is 0 Å². The van der Waals surface area contributed by atoms with Crippen LogP contribution in [0.2, 0.25) is 0 Å². The molecule has 1 fully saturated rings. The molecule has 1 amide bonds. The number of nitrogens with one attached hydrogen (secondary N) is 1. The van der Waals surface area contributed by atoms with Crippen molar-refractivity contribution in [2.45, 2.75) is 77.4 Å². The minimum absolute atomic E-state index is 0.138. The summed E-state index contributed by atoms with van der Waals surface area (Å²) in [7, 11) is 1.20. The lowest BCUT2D eigenvalue weighted by molar-refractivity contribution is -0.189. The van der Waals surface area contributed by atoms with Gasteiger partial charge in [-0.2, -0.15) is 0 Å². The second kappa shape index (κ2) is 13.1. The molecule has 0 bridgehead atoms. The highest BCUT2D eigenvalue weighted by Crippen LogP contribution is 2.30. The van der Waals surface area contributed by atoms with Crippen LogP contribution in [0.3, 0.4) is 0 Å². The van der Waals surface area contributed by atoms with Crippen molar-refractivity contribution in [3.8, 4) is 0 Å². The predicted molar refractivity (Wildman–Crippen MR) is 120 cm³/mol. The summed E-state index contributed by atoms with van der Waals surface area (Å²) in [5, 5.41) is 2.84. The molecule has 1 saturated heterocycles. The molecule has 0 spiro atoms. The number of nitrogens with zero attached hydrogens (tertiary/aromatic N) is 1. The van der Waals surface area contributed by atoms with Crippen LogP contribution in [0.25, 0.3) is 0 Å². The zero-order valence-electron chi connectivity index (χ0n) is 20.7. The number of methoxy groups -OCH3 is 1. The van der Waals surface area contributed by atoms with E-state index >= 15 is 0 Å². The number of carbonyl (C=O) groups excluding carboxylic acids is 5. The van der Waals surface area contributed by atoms with E-state index < -0.39 is 60.9 Å². The third-order valence-electron chi connectivity index (χ3n) is 5.64. The molecule has 35 heavy (non-hydrogen) atoms. The second-order valence-electron chi connectivity index (χ2n) is 8.44. The highest BCUT2D eigenvalue weighted by Gasteiger charge is 2.49. The van der Waals surface area contributed by atoms with Gasteiger partial charge in [-0.25, -0.2) is 4.79 Å². The van der Waals surface area contributed by atoms with Crippen molar-refractivity contribution >= 4 is 29.8 Å². The predicted octanol–water partition coefficient (Wildman–Crippen LogP) is 0.228. The van der Waals surface area contributed by atoms with E-state index in [1.54, 1.807) is 6.08 Å². The second-order valence-corrected chi connectivity index (χ2v) is 8.44. The number of piperidine rings is 1. The number of hydrogen-bond acceptors (Lipinski definition) is 11. The third kappa shape index (κ3) is 8.23. The third-order valence-corrected chi connectivity index (χ3v) is 5.64. The molecule has 2 rings (SSSR count). The van der Waals surface area contributed by atoms with Crippen molar-refractivity contribution in [3.05, 3.63) is 11.8 Å². The van der Waals surface area contributed by atoms with E-state index in [0.717, 1.165) is 33.1 Å². The van der Waals surface area contributed by atoms with Gasteiger partial charge in [-0.1, -0.05) is 6.42 Å². The Labute approximate surface area is 204 Å². The Morgan fingerprint density at radius 2 is 1.63 bits per heavy atom. The summed E-state index contributed by atoms with van der Waals surface area (Å²) in [6.07, 6.45) is 0.668. The fraction of sp³-hybridized carbons (Fsp3) is 0.696. The van der Waals surface area contributed by atoms with Gasteiger partial charge in [0.2, 0.25) is 11.7 Å². The summed E-state index contributed by atoms with van der Waals surface area (Å²) in [6.45, 7) is 5.77. The van der Waals surface area contributed by atoms with Crippen molar-refractivity contribution in [3.63, 3.8) is 0 Å². The van der Waals surface area contributed by atoms with Gasteiger partial charge in [-0.05, 0) is 32.0 Å². The average Bonchev–Trinajstić information content (AvgIpc) is 2.79. The summed E-state index contributed by atoms with van der Waals surface area (Å²) in [5.41, 5.74) is 0. The lowest BCUT2D eigenvalue weighted by Crippen LogP contribution is -2.65. The summed E-state index contributed by atoms with van der Waals surface area (Å²) in [5.74, 6) is -3.38. The minimum Gasteiger partial charge on any atom is -0.477 e. The van der Waals surface area contributed by atoms with E-state index in [1.807, 2.05) is 0 Å². The molecule has 2 aliphatic rings. The van der Waals surface area contributed by atoms with Crippen LogP contribution in [-0.2, 0) is 47.7 Å². The molecule has 12 heteroatoms. The molecule has 12 nitrogen and oxygen atoms in total. The largest absolute Gasteiger partial charge is 0.477 e. The van der Waals surface area contributed by atoms with Gasteiger partial charge in [-0.3, -0.25) is 24.1 Å². The Bertz CT molecular complexity index is 836. The van der Waals surface area contributed by atoms with Gasteiger partial charge in [0.15, 0.2) is 18.3 Å². The van der Waals surface area contributed by atoms with E-state index in [1.165, 1.54) is 21.0 Å². The Morgan fingerprint density at radius 3 is 2.14 bits per heavy atom. The van der Waals surface area contributed by atoms with E-state index in [4.69, 9.17) is 23.7 Å². The lowest BCUT2D eigenvalue weighted by atomic mass is 9.89. The van der Waals surface area contributed by atoms with Gasteiger partial charge < -0.3 is 29.0 Å². The highest BCUT2D eigenvalue weighted by molar-refractivity contribution is 5.86. The molecule has 0 unspecified atom stereocenters. The maximum atomic E-state index is 12.5. The Kier molecular flexibility index (Phi) is 10.5. The summed E-state index contributed by atoms with van der Waals surface area (Å²) in [4.78, 5) is 62.2. The molecular formula is C23H34N2O10. The Balaban J connectivity index is 2.58. The maximum Gasteiger partial charge on any atom is 0.373 e. The first kappa shape index (κ1) is 28.1. The van der Waals surface area contributed by atoms with E-state index in [9.17, 15) is 24.0 Å². The van der Waals surface area contributed by atoms with Crippen molar-refractivity contribution in [1.29, 1.82) is 0 Å². The zero-order chi connectivity index (χ0) is 26.1. The summed E-state index contributed by atoms with van der Waals surface area (Å²) in [6, 6.07) is -1.32.